The average molecular weight is 231 g/mol. The molecule has 0 saturated heterocycles. The second kappa shape index (κ2) is 5.75. The molecule has 2 N–H and O–H groups in total. The van der Waals surface area contributed by atoms with E-state index >= 15 is 0 Å². The van der Waals surface area contributed by atoms with Crippen LogP contribution in [0.1, 0.15) is 18.5 Å². The first-order chi connectivity index (χ1) is 8.31. The number of aliphatic hydroxyl groups excluding tert-OH is 2. The molecule has 0 bridgehead atoms. The van der Waals surface area contributed by atoms with E-state index in [2.05, 4.69) is 17.1 Å². The number of pyridine rings is 1. The predicted molar refractivity (Wildman–Crippen MR) is 67.8 cm³/mol. The highest BCUT2D eigenvalue weighted by Crippen LogP contribution is 2.18. The van der Waals surface area contributed by atoms with Crippen molar-refractivity contribution in [3.63, 3.8) is 0 Å². The summed E-state index contributed by atoms with van der Waals surface area (Å²) in [5.74, 6) is 0. The molecule has 1 heterocycles. The molecule has 1 aromatic carbocycles. The van der Waals surface area contributed by atoms with Crippen molar-refractivity contribution < 1.29 is 10.2 Å². The van der Waals surface area contributed by atoms with Gasteiger partial charge in [-0.2, -0.15) is 0 Å². The Hall–Kier alpha value is -1.45. The standard InChI is InChI=1S/C14H17NO2/c16-10-12(17)5-3-7-14-13-6-2-1-4-11(13)8-9-15-14/h1-2,4,6,8-9,12,16-17H,3,5,7,10H2. The molecule has 17 heavy (non-hydrogen) atoms. The van der Waals surface area contributed by atoms with Crippen molar-refractivity contribution in [1.82, 2.24) is 4.98 Å². The zero-order valence-corrected chi connectivity index (χ0v) is 9.71. The van der Waals surface area contributed by atoms with E-state index in [1.807, 2.05) is 24.4 Å². The molecule has 0 aliphatic rings. The van der Waals surface area contributed by atoms with Gasteiger partial charge in [-0.25, -0.2) is 0 Å². The summed E-state index contributed by atoms with van der Waals surface area (Å²) in [6.07, 6.45) is 3.49. The third-order valence-corrected chi connectivity index (χ3v) is 2.92. The predicted octanol–water partition coefficient (Wildman–Crippen LogP) is 1.91. The van der Waals surface area contributed by atoms with Gasteiger partial charge in [0.05, 0.1) is 12.7 Å². The maximum absolute atomic E-state index is 9.28. The van der Waals surface area contributed by atoms with Gasteiger partial charge in [0, 0.05) is 17.3 Å². The van der Waals surface area contributed by atoms with Crippen molar-refractivity contribution in [2.24, 2.45) is 0 Å². The lowest BCUT2D eigenvalue weighted by atomic mass is 10.0. The Balaban J connectivity index is 2.08. The first-order valence-corrected chi connectivity index (χ1v) is 5.93. The third kappa shape index (κ3) is 3.02. The fraction of sp³-hybridized carbons (Fsp3) is 0.357. The Morgan fingerprint density at radius 1 is 1.18 bits per heavy atom. The molecule has 3 nitrogen and oxygen atoms in total. The number of aliphatic hydroxyl groups is 2. The number of benzene rings is 1. The van der Waals surface area contributed by atoms with Crippen LogP contribution in [-0.2, 0) is 6.42 Å². The van der Waals surface area contributed by atoms with Crippen LogP contribution in [0.4, 0.5) is 0 Å². The lowest BCUT2D eigenvalue weighted by molar-refractivity contribution is 0.0867. The van der Waals surface area contributed by atoms with Crippen LogP contribution in [0.2, 0.25) is 0 Å². The summed E-state index contributed by atoms with van der Waals surface area (Å²) >= 11 is 0. The van der Waals surface area contributed by atoms with Crippen molar-refractivity contribution >= 4 is 10.8 Å². The van der Waals surface area contributed by atoms with Crippen molar-refractivity contribution in [2.45, 2.75) is 25.4 Å². The molecule has 0 fully saturated rings. The largest absolute Gasteiger partial charge is 0.394 e. The normalized spacial score (nSPS) is 12.8. The molecule has 0 amide bonds. The van der Waals surface area contributed by atoms with Gasteiger partial charge in [-0.3, -0.25) is 4.98 Å². The van der Waals surface area contributed by atoms with Crippen molar-refractivity contribution in [1.29, 1.82) is 0 Å². The van der Waals surface area contributed by atoms with E-state index in [9.17, 15) is 5.11 Å². The van der Waals surface area contributed by atoms with E-state index in [1.165, 1.54) is 10.8 Å². The van der Waals surface area contributed by atoms with Crippen LogP contribution in [0.15, 0.2) is 36.5 Å². The SMILES string of the molecule is OCC(O)CCCc1nccc2ccccc12. The summed E-state index contributed by atoms with van der Waals surface area (Å²) in [5, 5.41) is 20.4. The minimum absolute atomic E-state index is 0.164. The summed E-state index contributed by atoms with van der Waals surface area (Å²) in [5.41, 5.74) is 1.06. The molecule has 1 atom stereocenters. The lowest BCUT2D eigenvalue weighted by Crippen LogP contribution is -2.11. The van der Waals surface area contributed by atoms with Gasteiger partial charge in [0.25, 0.3) is 0 Å². The fourth-order valence-electron chi connectivity index (χ4n) is 1.98. The minimum atomic E-state index is -0.607. The summed E-state index contributed by atoms with van der Waals surface area (Å²) in [4.78, 5) is 4.39. The molecule has 2 aromatic rings. The van der Waals surface area contributed by atoms with E-state index in [0.717, 1.165) is 18.5 Å². The highest BCUT2D eigenvalue weighted by atomic mass is 16.3. The van der Waals surface area contributed by atoms with Gasteiger partial charge in [-0.1, -0.05) is 24.3 Å². The molecule has 90 valence electrons. The quantitative estimate of drug-likeness (QED) is 0.826. The van der Waals surface area contributed by atoms with E-state index < -0.39 is 6.10 Å². The maximum atomic E-state index is 9.28. The zero-order valence-electron chi connectivity index (χ0n) is 9.71. The van der Waals surface area contributed by atoms with Crippen molar-refractivity contribution in [3.05, 3.63) is 42.2 Å². The minimum Gasteiger partial charge on any atom is -0.394 e. The molecule has 0 saturated carbocycles. The average Bonchev–Trinajstić information content (AvgIpc) is 2.39. The number of hydrogen-bond donors (Lipinski definition) is 2. The summed E-state index contributed by atoms with van der Waals surface area (Å²) in [6, 6.07) is 10.2. The molecule has 3 heteroatoms. The highest BCUT2D eigenvalue weighted by molar-refractivity contribution is 5.84. The van der Waals surface area contributed by atoms with Crippen LogP contribution in [-0.4, -0.2) is 27.9 Å². The van der Waals surface area contributed by atoms with Gasteiger partial charge in [0.2, 0.25) is 0 Å². The summed E-state index contributed by atoms with van der Waals surface area (Å²) < 4.78 is 0. The smallest absolute Gasteiger partial charge is 0.0771 e. The molecule has 1 aromatic heterocycles. The Kier molecular flexibility index (Phi) is 4.07. The van der Waals surface area contributed by atoms with Crippen molar-refractivity contribution in [2.75, 3.05) is 6.61 Å². The van der Waals surface area contributed by atoms with Crippen LogP contribution >= 0.6 is 0 Å². The maximum Gasteiger partial charge on any atom is 0.0771 e. The van der Waals surface area contributed by atoms with Gasteiger partial charge < -0.3 is 10.2 Å². The van der Waals surface area contributed by atoms with Gasteiger partial charge in [-0.15, -0.1) is 0 Å². The number of hydrogen-bond acceptors (Lipinski definition) is 3. The van der Waals surface area contributed by atoms with E-state index in [0.29, 0.717) is 6.42 Å². The number of rotatable bonds is 5. The van der Waals surface area contributed by atoms with E-state index in [4.69, 9.17) is 5.11 Å². The molecule has 2 rings (SSSR count). The van der Waals surface area contributed by atoms with Crippen LogP contribution in [0.25, 0.3) is 10.8 Å². The van der Waals surface area contributed by atoms with Crippen molar-refractivity contribution in [3.8, 4) is 0 Å². The molecule has 0 aliphatic carbocycles. The van der Waals surface area contributed by atoms with Gasteiger partial charge in [-0.05, 0) is 30.7 Å². The second-order valence-electron chi connectivity index (χ2n) is 4.21. The number of nitrogens with zero attached hydrogens (tertiary/aromatic N) is 1. The number of aryl methyl sites for hydroxylation is 1. The van der Waals surface area contributed by atoms with Crippen LogP contribution in [0.3, 0.4) is 0 Å². The number of aromatic nitrogens is 1. The Bertz CT molecular complexity index is 479. The summed E-state index contributed by atoms with van der Waals surface area (Å²) in [6.45, 7) is -0.164. The molecular weight excluding hydrogens is 214 g/mol. The Morgan fingerprint density at radius 2 is 2.00 bits per heavy atom. The fourth-order valence-corrected chi connectivity index (χ4v) is 1.98. The van der Waals surface area contributed by atoms with Crippen LogP contribution in [0.5, 0.6) is 0 Å². The van der Waals surface area contributed by atoms with Gasteiger partial charge >= 0.3 is 0 Å². The second-order valence-corrected chi connectivity index (χ2v) is 4.21. The zero-order chi connectivity index (χ0) is 12.1. The number of fused-ring (bicyclic) bond motifs is 1. The van der Waals surface area contributed by atoms with Crippen LogP contribution < -0.4 is 0 Å². The van der Waals surface area contributed by atoms with E-state index in [1.54, 1.807) is 0 Å². The van der Waals surface area contributed by atoms with E-state index in [-0.39, 0.29) is 6.61 Å². The third-order valence-electron chi connectivity index (χ3n) is 2.92. The molecular formula is C14H17NO2. The highest BCUT2D eigenvalue weighted by Gasteiger charge is 2.05. The topological polar surface area (TPSA) is 53.4 Å². The Labute approximate surface area is 101 Å². The molecule has 1 unspecified atom stereocenters. The Morgan fingerprint density at radius 3 is 2.82 bits per heavy atom. The monoisotopic (exact) mass is 231 g/mol. The summed E-state index contributed by atoms with van der Waals surface area (Å²) in [7, 11) is 0. The molecule has 0 radical (unpaired) electrons. The first kappa shape index (κ1) is 12.0. The first-order valence-electron chi connectivity index (χ1n) is 5.93. The van der Waals surface area contributed by atoms with Gasteiger partial charge in [0.15, 0.2) is 0 Å². The van der Waals surface area contributed by atoms with Gasteiger partial charge in [0.1, 0.15) is 0 Å². The molecule has 0 spiro atoms. The lowest BCUT2D eigenvalue weighted by Gasteiger charge is -2.08. The molecule has 0 aliphatic heterocycles. The van der Waals surface area contributed by atoms with Crippen LogP contribution in [0, 0.1) is 0 Å².